The molecular weight excluding hydrogens is 286 g/mol. The molecule has 21 heavy (non-hydrogen) atoms. The molecule has 3 nitrogen and oxygen atoms in total. The first-order valence-electron chi connectivity index (χ1n) is 6.43. The molecule has 114 valence electrons. The van der Waals surface area contributed by atoms with Crippen molar-refractivity contribution in [2.75, 3.05) is 17.7 Å². The Morgan fingerprint density at radius 2 is 2.00 bits per heavy atom. The summed E-state index contributed by atoms with van der Waals surface area (Å²) in [4.78, 5) is 0. The zero-order chi connectivity index (χ0) is 15.6. The molecule has 0 saturated heterocycles. The maximum Gasteiger partial charge on any atom is 0.432 e. The highest BCUT2D eigenvalue weighted by molar-refractivity contribution is 5.97. The number of alkyl halides is 3. The summed E-state index contributed by atoms with van der Waals surface area (Å²) < 4.78 is 51.1. The van der Waals surface area contributed by atoms with Gasteiger partial charge < -0.3 is 10.6 Å². The summed E-state index contributed by atoms with van der Waals surface area (Å²) in [6, 6.07) is 4.32. The normalized spacial score (nSPS) is 15.8. The maximum atomic E-state index is 13.8. The van der Waals surface area contributed by atoms with Crippen molar-refractivity contribution in [3.63, 3.8) is 0 Å². The predicted molar refractivity (Wildman–Crippen MR) is 74.2 cm³/mol. The monoisotopic (exact) mass is 301 g/mol. The van der Waals surface area contributed by atoms with Crippen LogP contribution in [0.5, 0.6) is 0 Å². The highest BCUT2D eigenvalue weighted by Gasteiger charge is 2.35. The number of hydrogen-bond acceptors (Lipinski definition) is 3. The van der Waals surface area contributed by atoms with Crippen LogP contribution in [0.1, 0.15) is 12.8 Å². The molecule has 0 bridgehead atoms. The van der Waals surface area contributed by atoms with Gasteiger partial charge in [0, 0.05) is 18.4 Å². The molecule has 2 rings (SSSR count). The number of benzene rings is 1. The highest BCUT2D eigenvalue weighted by atomic mass is 19.4. The molecule has 1 aliphatic rings. The van der Waals surface area contributed by atoms with E-state index in [0.717, 1.165) is 18.9 Å². The number of rotatable bonds is 5. The second-order valence-corrected chi connectivity index (χ2v) is 4.86. The first-order chi connectivity index (χ1) is 9.81. The molecule has 0 aromatic heterocycles. The quantitative estimate of drug-likeness (QED) is 0.565. The Kier molecular flexibility index (Phi) is 4.20. The van der Waals surface area contributed by atoms with E-state index in [0.29, 0.717) is 5.69 Å². The van der Waals surface area contributed by atoms with E-state index in [9.17, 15) is 17.6 Å². The molecule has 0 spiro atoms. The van der Waals surface area contributed by atoms with E-state index in [1.165, 1.54) is 12.1 Å². The minimum Gasteiger partial charge on any atom is -0.388 e. The average Bonchev–Trinajstić information content (AvgIpc) is 3.23. The topological polar surface area (TPSA) is 47.9 Å². The molecule has 1 saturated carbocycles. The van der Waals surface area contributed by atoms with Gasteiger partial charge in [-0.2, -0.15) is 13.2 Å². The van der Waals surface area contributed by atoms with E-state index in [-0.39, 0.29) is 17.3 Å². The third kappa shape index (κ3) is 3.96. The Balaban J connectivity index is 2.21. The van der Waals surface area contributed by atoms with Gasteiger partial charge in [-0.25, -0.2) is 4.39 Å². The standard InChI is InChI=1S/C14H15F4N3/c1-20-9-4-5-11(10(15)6-9)21-12(8-2-3-8)7-13(19)14(16,17)18/h4-8,19-21H,2-3H2,1H3/b12-7-,19-13?. The van der Waals surface area contributed by atoms with E-state index >= 15 is 0 Å². The minimum atomic E-state index is -4.70. The molecule has 1 aromatic rings. The second-order valence-electron chi connectivity index (χ2n) is 4.86. The highest BCUT2D eigenvalue weighted by Crippen LogP contribution is 2.38. The van der Waals surface area contributed by atoms with Crippen molar-refractivity contribution in [2.45, 2.75) is 19.0 Å². The van der Waals surface area contributed by atoms with Crippen molar-refractivity contribution in [1.29, 1.82) is 5.41 Å². The van der Waals surface area contributed by atoms with Crippen molar-refractivity contribution in [3.05, 3.63) is 35.8 Å². The molecule has 1 fully saturated rings. The van der Waals surface area contributed by atoms with Gasteiger partial charge >= 0.3 is 6.18 Å². The molecule has 1 aliphatic carbocycles. The predicted octanol–water partition coefficient (Wildman–Crippen LogP) is 4.16. The van der Waals surface area contributed by atoms with Crippen molar-refractivity contribution in [2.24, 2.45) is 5.92 Å². The minimum absolute atomic E-state index is 0.0731. The van der Waals surface area contributed by atoms with Crippen LogP contribution in [-0.4, -0.2) is 18.9 Å². The van der Waals surface area contributed by atoms with E-state index in [1.54, 1.807) is 13.1 Å². The Bertz CT molecular complexity index is 574. The fourth-order valence-electron chi connectivity index (χ4n) is 1.82. The average molecular weight is 301 g/mol. The summed E-state index contributed by atoms with van der Waals surface area (Å²) in [6.45, 7) is 0. The van der Waals surface area contributed by atoms with Crippen molar-refractivity contribution < 1.29 is 17.6 Å². The largest absolute Gasteiger partial charge is 0.432 e. The van der Waals surface area contributed by atoms with E-state index in [1.807, 2.05) is 0 Å². The maximum absolute atomic E-state index is 13.8. The van der Waals surface area contributed by atoms with Gasteiger partial charge in [0.25, 0.3) is 0 Å². The Labute approximate surface area is 119 Å². The van der Waals surface area contributed by atoms with Gasteiger partial charge in [0.15, 0.2) is 0 Å². The first-order valence-corrected chi connectivity index (χ1v) is 6.43. The molecule has 1 aromatic carbocycles. The number of allylic oxidation sites excluding steroid dienone is 2. The van der Waals surface area contributed by atoms with Crippen LogP contribution in [0.3, 0.4) is 0 Å². The van der Waals surface area contributed by atoms with Gasteiger partial charge in [-0.1, -0.05) is 0 Å². The fourth-order valence-corrected chi connectivity index (χ4v) is 1.82. The van der Waals surface area contributed by atoms with Crippen LogP contribution >= 0.6 is 0 Å². The lowest BCUT2D eigenvalue weighted by Gasteiger charge is -2.13. The van der Waals surface area contributed by atoms with E-state index in [2.05, 4.69) is 10.6 Å². The Morgan fingerprint density at radius 1 is 1.33 bits per heavy atom. The molecule has 3 N–H and O–H groups in total. The molecular formula is C14H15F4N3. The summed E-state index contributed by atoms with van der Waals surface area (Å²) >= 11 is 0. The van der Waals surface area contributed by atoms with Crippen LogP contribution in [0, 0.1) is 17.1 Å². The summed E-state index contributed by atoms with van der Waals surface area (Å²) in [5, 5.41) is 12.5. The lowest BCUT2D eigenvalue weighted by molar-refractivity contribution is -0.0584. The molecule has 0 atom stereocenters. The van der Waals surface area contributed by atoms with Crippen molar-refractivity contribution in [1.82, 2.24) is 0 Å². The van der Waals surface area contributed by atoms with E-state index in [4.69, 9.17) is 5.41 Å². The summed E-state index contributed by atoms with van der Waals surface area (Å²) in [6.07, 6.45) is -2.49. The van der Waals surface area contributed by atoms with Gasteiger partial charge in [0.1, 0.15) is 11.5 Å². The van der Waals surface area contributed by atoms with Crippen LogP contribution < -0.4 is 10.6 Å². The molecule has 0 amide bonds. The smallest absolute Gasteiger partial charge is 0.388 e. The number of hydrogen-bond donors (Lipinski definition) is 3. The molecule has 7 heteroatoms. The van der Waals surface area contributed by atoms with Gasteiger partial charge in [-0.05, 0) is 43.0 Å². The molecule has 0 unspecified atom stereocenters. The SMILES string of the molecule is CNc1ccc(N/C(=C\C(=N)C(F)(F)F)C2CC2)c(F)c1. The van der Waals surface area contributed by atoms with E-state index < -0.39 is 17.7 Å². The lowest BCUT2D eigenvalue weighted by Crippen LogP contribution is -2.21. The van der Waals surface area contributed by atoms with Crippen LogP contribution in [0.2, 0.25) is 0 Å². The third-order valence-corrected chi connectivity index (χ3v) is 3.16. The fraction of sp³-hybridized carbons (Fsp3) is 0.357. The molecule has 0 aliphatic heterocycles. The van der Waals surface area contributed by atoms with Crippen LogP contribution in [-0.2, 0) is 0 Å². The first kappa shape index (κ1) is 15.3. The number of nitrogens with one attached hydrogen (secondary N) is 3. The van der Waals surface area contributed by atoms with Gasteiger partial charge in [0.05, 0.1) is 5.69 Å². The molecule has 0 heterocycles. The van der Waals surface area contributed by atoms with Crippen LogP contribution in [0.25, 0.3) is 0 Å². The lowest BCUT2D eigenvalue weighted by atomic mass is 10.2. The van der Waals surface area contributed by atoms with Crippen molar-refractivity contribution >= 4 is 17.1 Å². The summed E-state index contributed by atoms with van der Waals surface area (Å²) in [7, 11) is 1.64. The number of halogens is 4. The molecule has 0 radical (unpaired) electrons. The zero-order valence-electron chi connectivity index (χ0n) is 11.3. The van der Waals surface area contributed by atoms with Crippen molar-refractivity contribution in [3.8, 4) is 0 Å². The number of anilines is 2. The van der Waals surface area contributed by atoms with Gasteiger partial charge in [-0.3, -0.25) is 5.41 Å². The van der Waals surface area contributed by atoms with Gasteiger partial charge in [-0.15, -0.1) is 0 Å². The Hall–Kier alpha value is -2.05. The van der Waals surface area contributed by atoms with Gasteiger partial charge in [0.2, 0.25) is 0 Å². The van der Waals surface area contributed by atoms with Crippen LogP contribution in [0.15, 0.2) is 30.0 Å². The summed E-state index contributed by atoms with van der Waals surface area (Å²) in [5.41, 5.74) is -0.544. The van der Waals surface area contributed by atoms with Crippen LogP contribution in [0.4, 0.5) is 28.9 Å². The Morgan fingerprint density at radius 3 is 2.48 bits per heavy atom. The second kappa shape index (κ2) is 5.75. The third-order valence-electron chi connectivity index (χ3n) is 3.16. The zero-order valence-corrected chi connectivity index (χ0v) is 11.3. The summed E-state index contributed by atoms with van der Waals surface area (Å²) in [5.74, 6) is -0.636.